The summed E-state index contributed by atoms with van der Waals surface area (Å²) in [6.45, 7) is 4.89. The molecule has 0 radical (unpaired) electrons. The predicted octanol–water partition coefficient (Wildman–Crippen LogP) is 0.849. The van der Waals surface area contributed by atoms with Gasteiger partial charge in [-0.3, -0.25) is 0 Å². The van der Waals surface area contributed by atoms with Crippen LogP contribution in [0.25, 0.3) is 0 Å². The van der Waals surface area contributed by atoms with Crippen molar-refractivity contribution in [3.8, 4) is 0 Å². The molecule has 4 heteroatoms. The van der Waals surface area contributed by atoms with Gasteiger partial charge in [0.25, 0.3) is 0 Å². The van der Waals surface area contributed by atoms with Crippen LogP contribution in [0.3, 0.4) is 0 Å². The molecule has 72 valence electrons. The number of hydrogen-bond acceptors (Lipinski definition) is 3. The second-order valence-electron chi connectivity index (χ2n) is 4.16. The lowest BCUT2D eigenvalue weighted by molar-refractivity contribution is 0.514. The van der Waals surface area contributed by atoms with Crippen LogP contribution in [0, 0.1) is 0 Å². The summed E-state index contributed by atoms with van der Waals surface area (Å²) in [6, 6.07) is 0.384. The van der Waals surface area contributed by atoms with Crippen molar-refractivity contribution in [2.75, 3.05) is 6.54 Å². The van der Waals surface area contributed by atoms with E-state index >= 15 is 0 Å². The Balaban J connectivity index is 2.23. The number of nitrogens with zero attached hydrogens (tertiary/aromatic N) is 3. The lowest BCUT2D eigenvalue weighted by Crippen LogP contribution is -2.20. The third-order valence-corrected chi connectivity index (χ3v) is 2.83. The van der Waals surface area contributed by atoms with E-state index < -0.39 is 0 Å². The first-order valence-electron chi connectivity index (χ1n) is 4.80. The van der Waals surface area contributed by atoms with Crippen LogP contribution in [0.5, 0.6) is 0 Å². The van der Waals surface area contributed by atoms with Gasteiger partial charge in [-0.05, 0) is 26.7 Å². The van der Waals surface area contributed by atoms with Crippen molar-refractivity contribution in [3.05, 3.63) is 11.9 Å². The van der Waals surface area contributed by atoms with Crippen LogP contribution < -0.4 is 5.73 Å². The molecule has 0 bridgehead atoms. The topological polar surface area (TPSA) is 56.7 Å². The van der Waals surface area contributed by atoms with E-state index in [9.17, 15) is 0 Å². The normalized spacial score (nSPS) is 19.4. The monoisotopic (exact) mass is 180 g/mol. The van der Waals surface area contributed by atoms with Gasteiger partial charge < -0.3 is 5.73 Å². The van der Waals surface area contributed by atoms with Gasteiger partial charge in [0, 0.05) is 24.2 Å². The zero-order valence-corrected chi connectivity index (χ0v) is 8.20. The highest BCUT2D eigenvalue weighted by Crippen LogP contribution is 2.46. The van der Waals surface area contributed by atoms with Crippen molar-refractivity contribution in [1.29, 1.82) is 0 Å². The Morgan fingerprint density at radius 2 is 2.31 bits per heavy atom. The fourth-order valence-corrected chi connectivity index (χ4v) is 1.49. The molecule has 0 aromatic carbocycles. The first-order chi connectivity index (χ1) is 6.18. The van der Waals surface area contributed by atoms with Crippen molar-refractivity contribution in [3.63, 3.8) is 0 Å². The second-order valence-corrected chi connectivity index (χ2v) is 4.16. The number of rotatable bonds is 3. The average Bonchev–Trinajstić information content (AvgIpc) is 2.75. The molecule has 0 amide bonds. The maximum atomic E-state index is 5.71. The molecule has 1 aromatic rings. The molecule has 2 N–H and O–H groups in total. The minimum absolute atomic E-state index is 0.174. The van der Waals surface area contributed by atoms with E-state index in [2.05, 4.69) is 24.2 Å². The first kappa shape index (κ1) is 8.69. The Hall–Kier alpha value is -0.900. The van der Waals surface area contributed by atoms with Crippen molar-refractivity contribution in [1.82, 2.24) is 15.0 Å². The highest BCUT2D eigenvalue weighted by Gasteiger charge is 2.45. The lowest BCUT2D eigenvalue weighted by Gasteiger charge is -2.06. The van der Waals surface area contributed by atoms with Gasteiger partial charge in [-0.25, -0.2) is 4.68 Å². The molecule has 4 nitrogen and oxygen atoms in total. The standard InChI is InChI=1S/C9H16N4/c1-7(2)13-5-8(11-12-13)9(6-10)3-4-9/h5,7H,3-4,6,10H2,1-2H3. The van der Waals surface area contributed by atoms with Crippen LogP contribution in [0.4, 0.5) is 0 Å². The van der Waals surface area contributed by atoms with Crippen LogP contribution in [0.2, 0.25) is 0 Å². The van der Waals surface area contributed by atoms with Crippen LogP contribution in [-0.2, 0) is 5.41 Å². The van der Waals surface area contributed by atoms with Gasteiger partial charge in [0.05, 0.1) is 5.69 Å². The van der Waals surface area contributed by atoms with E-state index in [1.807, 2.05) is 10.9 Å². The summed E-state index contributed by atoms with van der Waals surface area (Å²) in [4.78, 5) is 0. The highest BCUT2D eigenvalue weighted by molar-refractivity contribution is 5.22. The van der Waals surface area contributed by atoms with Gasteiger partial charge in [0.1, 0.15) is 0 Å². The lowest BCUT2D eigenvalue weighted by atomic mass is 10.0. The summed E-state index contributed by atoms with van der Waals surface area (Å²) < 4.78 is 1.89. The third-order valence-electron chi connectivity index (χ3n) is 2.83. The zero-order valence-electron chi connectivity index (χ0n) is 8.20. The predicted molar refractivity (Wildman–Crippen MR) is 50.4 cm³/mol. The maximum Gasteiger partial charge on any atom is 0.0901 e. The molecule has 0 spiro atoms. The molecule has 2 rings (SSSR count). The largest absolute Gasteiger partial charge is 0.330 e. The minimum Gasteiger partial charge on any atom is -0.330 e. The summed E-state index contributed by atoms with van der Waals surface area (Å²) in [7, 11) is 0. The number of aromatic nitrogens is 3. The van der Waals surface area contributed by atoms with Gasteiger partial charge in [0.2, 0.25) is 0 Å². The fourth-order valence-electron chi connectivity index (χ4n) is 1.49. The maximum absolute atomic E-state index is 5.71. The highest BCUT2D eigenvalue weighted by atomic mass is 15.4. The number of nitrogens with two attached hydrogens (primary N) is 1. The molecule has 0 aliphatic heterocycles. The minimum atomic E-state index is 0.174. The Bertz CT molecular complexity index is 298. The van der Waals surface area contributed by atoms with Crippen molar-refractivity contribution in [2.45, 2.75) is 38.1 Å². The molecular weight excluding hydrogens is 164 g/mol. The van der Waals surface area contributed by atoms with Gasteiger partial charge >= 0.3 is 0 Å². The SMILES string of the molecule is CC(C)n1cc(C2(CN)CC2)nn1. The Kier molecular flexibility index (Phi) is 1.87. The summed E-state index contributed by atoms with van der Waals surface area (Å²) >= 11 is 0. The average molecular weight is 180 g/mol. The molecule has 1 aromatic heterocycles. The molecule has 0 atom stereocenters. The number of hydrogen-bond donors (Lipinski definition) is 1. The van der Waals surface area contributed by atoms with Crippen molar-refractivity contribution >= 4 is 0 Å². The summed E-state index contributed by atoms with van der Waals surface area (Å²) in [5.74, 6) is 0. The van der Waals surface area contributed by atoms with Gasteiger partial charge in [0.15, 0.2) is 0 Å². The smallest absolute Gasteiger partial charge is 0.0901 e. The quantitative estimate of drug-likeness (QED) is 0.750. The van der Waals surface area contributed by atoms with Crippen molar-refractivity contribution in [2.24, 2.45) is 5.73 Å². The first-order valence-corrected chi connectivity index (χ1v) is 4.80. The van der Waals surface area contributed by atoms with Crippen LogP contribution in [0.15, 0.2) is 6.20 Å². The molecule has 1 fully saturated rings. The summed E-state index contributed by atoms with van der Waals surface area (Å²) in [6.07, 6.45) is 4.37. The van der Waals surface area contributed by atoms with Crippen LogP contribution >= 0.6 is 0 Å². The van der Waals surface area contributed by atoms with Gasteiger partial charge in [-0.2, -0.15) is 0 Å². The Labute approximate surface area is 78.1 Å². The molecule has 1 aliphatic rings. The van der Waals surface area contributed by atoms with E-state index in [1.165, 1.54) is 12.8 Å². The van der Waals surface area contributed by atoms with Crippen molar-refractivity contribution < 1.29 is 0 Å². The molecule has 1 aliphatic carbocycles. The van der Waals surface area contributed by atoms with E-state index in [0.29, 0.717) is 12.6 Å². The fraction of sp³-hybridized carbons (Fsp3) is 0.778. The van der Waals surface area contributed by atoms with Gasteiger partial charge in [-0.15, -0.1) is 5.10 Å². The molecular formula is C9H16N4. The van der Waals surface area contributed by atoms with E-state index in [-0.39, 0.29) is 5.41 Å². The Morgan fingerprint density at radius 3 is 2.69 bits per heavy atom. The molecule has 1 heterocycles. The van der Waals surface area contributed by atoms with Gasteiger partial charge in [-0.1, -0.05) is 5.21 Å². The molecule has 1 saturated carbocycles. The van der Waals surface area contributed by atoms with E-state index in [0.717, 1.165) is 5.69 Å². The van der Waals surface area contributed by atoms with E-state index in [1.54, 1.807) is 0 Å². The molecule has 0 unspecified atom stereocenters. The third kappa shape index (κ3) is 1.35. The summed E-state index contributed by atoms with van der Waals surface area (Å²) in [5, 5.41) is 8.26. The molecule has 13 heavy (non-hydrogen) atoms. The second kappa shape index (κ2) is 2.80. The Morgan fingerprint density at radius 1 is 1.62 bits per heavy atom. The summed E-state index contributed by atoms with van der Waals surface area (Å²) in [5.41, 5.74) is 6.96. The zero-order chi connectivity index (χ0) is 9.47. The molecule has 0 saturated heterocycles. The van der Waals surface area contributed by atoms with Crippen LogP contribution in [-0.4, -0.2) is 21.5 Å². The van der Waals surface area contributed by atoms with Crippen LogP contribution in [0.1, 0.15) is 38.4 Å². The van der Waals surface area contributed by atoms with E-state index in [4.69, 9.17) is 5.73 Å².